The van der Waals surface area contributed by atoms with Crippen LogP contribution in [0.15, 0.2) is 15.9 Å². The Labute approximate surface area is 133 Å². The summed E-state index contributed by atoms with van der Waals surface area (Å²) in [6.07, 6.45) is 0. The highest BCUT2D eigenvalue weighted by Crippen LogP contribution is 2.23. The molecule has 0 aliphatic carbocycles. The van der Waals surface area contributed by atoms with Crippen LogP contribution >= 0.6 is 27.3 Å². The Kier molecular flexibility index (Phi) is 6.01. The summed E-state index contributed by atoms with van der Waals surface area (Å²) >= 11 is 5.16. The number of halogens is 1. The molecule has 1 aromatic rings. The SMILES string of the molecule is CCN(Cc1ccc(Br)s1)C(=O)CN1CCNCC1C. The summed E-state index contributed by atoms with van der Waals surface area (Å²) in [6.45, 7) is 9.12. The molecule has 1 aromatic heterocycles. The van der Waals surface area contributed by atoms with Gasteiger partial charge in [0.15, 0.2) is 0 Å². The van der Waals surface area contributed by atoms with Gasteiger partial charge in [-0.3, -0.25) is 9.69 Å². The van der Waals surface area contributed by atoms with Gasteiger partial charge in [-0.1, -0.05) is 0 Å². The van der Waals surface area contributed by atoms with Crippen molar-refractivity contribution in [2.45, 2.75) is 26.4 Å². The molecule has 0 spiro atoms. The van der Waals surface area contributed by atoms with Gasteiger partial charge in [0.1, 0.15) is 0 Å². The summed E-state index contributed by atoms with van der Waals surface area (Å²) in [7, 11) is 0. The van der Waals surface area contributed by atoms with Crippen LogP contribution in [0.5, 0.6) is 0 Å². The number of piperazine rings is 1. The number of hydrogen-bond donors (Lipinski definition) is 1. The molecule has 1 aliphatic heterocycles. The maximum Gasteiger partial charge on any atom is 0.237 e. The van der Waals surface area contributed by atoms with E-state index in [1.165, 1.54) is 4.88 Å². The molecular weight excluding hydrogens is 338 g/mol. The first-order valence-corrected chi connectivity index (χ1v) is 8.68. The second-order valence-electron chi connectivity index (χ2n) is 5.14. The molecule has 1 aliphatic rings. The van der Waals surface area contributed by atoms with Crippen molar-refractivity contribution in [3.8, 4) is 0 Å². The number of carbonyl (C=O) groups excluding carboxylic acids is 1. The lowest BCUT2D eigenvalue weighted by Gasteiger charge is -2.34. The Balaban J connectivity index is 1.91. The zero-order valence-corrected chi connectivity index (χ0v) is 14.5. The number of amides is 1. The summed E-state index contributed by atoms with van der Waals surface area (Å²) in [6, 6.07) is 4.55. The topological polar surface area (TPSA) is 35.6 Å². The van der Waals surface area contributed by atoms with Crippen LogP contribution in [-0.4, -0.2) is 54.5 Å². The minimum absolute atomic E-state index is 0.228. The van der Waals surface area contributed by atoms with E-state index in [0.717, 1.165) is 30.0 Å². The number of likely N-dealkylation sites (N-methyl/N-ethyl adjacent to an activating group) is 1. The first-order chi connectivity index (χ1) is 9.60. The molecule has 4 nitrogen and oxygen atoms in total. The molecular formula is C14H22BrN3OS. The lowest BCUT2D eigenvalue weighted by molar-refractivity contribution is -0.133. The van der Waals surface area contributed by atoms with Crippen LogP contribution in [0.3, 0.4) is 0 Å². The van der Waals surface area contributed by atoms with Crippen LogP contribution in [0.4, 0.5) is 0 Å². The summed E-state index contributed by atoms with van der Waals surface area (Å²) in [5.41, 5.74) is 0. The quantitative estimate of drug-likeness (QED) is 0.874. The Morgan fingerprint density at radius 1 is 1.60 bits per heavy atom. The molecule has 2 rings (SSSR count). The van der Waals surface area contributed by atoms with Gasteiger partial charge in [-0.25, -0.2) is 0 Å². The average molecular weight is 360 g/mol. The molecule has 2 heterocycles. The van der Waals surface area contributed by atoms with Crippen LogP contribution in [-0.2, 0) is 11.3 Å². The fourth-order valence-electron chi connectivity index (χ4n) is 2.39. The molecule has 1 fully saturated rings. The summed E-state index contributed by atoms with van der Waals surface area (Å²) in [5.74, 6) is 0.228. The maximum absolute atomic E-state index is 12.5. The van der Waals surface area contributed by atoms with Crippen molar-refractivity contribution in [1.29, 1.82) is 0 Å². The van der Waals surface area contributed by atoms with Crippen molar-refractivity contribution < 1.29 is 4.79 Å². The van der Waals surface area contributed by atoms with Gasteiger partial charge in [0.05, 0.1) is 16.9 Å². The standard InChI is InChI=1S/C14H22BrN3OS/c1-3-17(9-12-4-5-13(15)20-12)14(19)10-18-7-6-16-8-11(18)2/h4-5,11,16H,3,6-10H2,1-2H3. The van der Waals surface area contributed by atoms with E-state index in [1.807, 2.05) is 17.9 Å². The van der Waals surface area contributed by atoms with Gasteiger partial charge in [-0.05, 0) is 41.9 Å². The molecule has 20 heavy (non-hydrogen) atoms. The first kappa shape index (κ1) is 15.9. The van der Waals surface area contributed by atoms with Gasteiger partial charge < -0.3 is 10.2 Å². The maximum atomic E-state index is 12.5. The third kappa shape index (κ3) is 4.28. The summed E-state index contributed by atoms with van der Waals surface area (Å²) < 4.78 is 1.12. The number of thiophene rings is 1. The van der Waals surface area contributed by atoms with E-state index >= 15 is 0 Å². The molecule has 1 saturated heterocycles. The van der Waals surface area contributed by atoms with Crippen LogP contribution in [0.25, 0.3) is 0 Å². The van der Waals surface area contributed by atoms with Crippen molar-refractivity contribution in [2.75, 3.05) is 32.7 Å². The molecule has 6 heteroatoms. The van der Waals surface area contributed by atoms with Crippen LogP contribution < -0.4 is 5.32 Å². The van der Waals surface area contributed by atoms with Crippen molar-refractivity contribution in [1.82, 2.24) is 15.1 Å². The second-order valence-corrected chi connectivity index (χ2v) is 7.68. The molecule has 1 N–H and O–H groups in total. The minimum atomic E-state index is 0.228. The van der Waals surface area contributed by atoms with Crippen molar-refractivity contribution in [2.24, 2.45) is 0 Å². The normalized spacial score (nSPS) is 20.1. The Morgan fingerprint density at radius 2 is 2.40 bits per heavy atom. The fourth-order valence-corrected chi connectivity index (χ4v) is 3.89. The lowest BCUT2D eigenvalue weighted by Crippen LogP contribution is -2.53. The first-order valence-electron chi connectivity index (χ1n) is 7.07. The highest BCUT2D eigenvalue weighted by Gasteiger charge is 2.22. The molecule has 1 amide bonds. The molecule has 0 bridgehead atoms. The Hall–Kier alpha value is -0.430. The predicted molar refractivity (Wildman–Crippen MR) is 87.0 cm³/mol. The minimum Gasteiger partial charge on any atom is -0.337 e. The Morgan fingerprint density at radius 3 is 3.00 bits per heavy atom. The van der Waals surface area contributed by atoms with Crippen LogP contribution in [0, 0.1) is 0 Å². The number of carbonyl (C=O) groups is 1. The highest BCUT2D eigenvalue weighted by atomic mass is 79.9. The smallest absolute Gasteiger partial charge is 0.237 e. The van der Waals surface area contributed by atoms with Gasteiger partial charge in [0.2, 0.25) is 5.91 Å². The van der Waals surface area contributed by atoms with Gasteiger partial charge in [-0.2, -0.15) is 0 Å². The largest absolute Gasteiger partial charge is 0.337 e. The van der Waals surface area contributed by atoms with E-state index in [4.69, 9.17) is 0 Å². The lowest BCUT2D eigenvalue weighted by atomic mass is 10.2. The molecule has 0 radical (unpaired) electrons. The van der Waals surface area contributed by atoms with E-state index in [9.17, 15) is 4.79 Å². The second kappa shape index (κ2) is 7.54. The number of nitrogens with one attached hydrogen (secondary N) is 1. The monoisotopic (exact) mass is 359 g/mol. The molecule has 1 atom stereocenters. The molecule has 0 saturated carbocycles. The summed E-state index contributed by atoms with van der Waals surface area (Å²) in [5, 5.41) is 3.35. The molecule has 0 aromatic carbocycles. The van der Waals surface area contributed by atoms with Gasteiger partial charge in [0.25, 0.3) is 0 Å². The van der Waals surface area contributed by atoms with Crippen molar-refractivity contribution >= 4 is 33.2 Å². The van der Waals surface area contributed by atoms with E-state index in [0.29, 0.717) is 19.1 Å². The van der Waals surface area contributed by atoms with Crippen molar-refractivity contribution in [3.63, 3.8) is 0 Å². The fraction of sp³-hybridized carbons (Fsp3) is 0.643. The zero-order chi connectivity index (χ0) is 14.5. The number of hydrogen-bond acceptors (Lipinski definition) is 4. The zero-order valence-electron chi connectivity index (χ0n) is 12.1. The van der Waals surface area contributed by atoms with E-state index in [2.05, 4.69) is 39.1 Å². The van der Waals surface area contributed by atoms with E-state index in [-0.39, 0.29) is 5.91 Å². The summed E-state index contributed by atoms with van der Waals surface area (Å²) in [4.78, 5) is 17.9. The number of rotatable bonds is 5. The van der Waals surface area contributed by atoms with Gasteiger partial charge in [-0.15, -0.1) is 11.3 Å². The highest BCUT2D eigenvalue weighted by molar-refractivity contribution is 9.11. The van der Waals surface area contributed by atoms with E-state index < -0.39 is 0 Å². The van der Waals surface area contributed by atoms with Crippen molar-refractivity contribution in [3.05, 3.63) is 20.8 Å². The predicted octanol–water partition coefficient (Wildman–Crippen LogP) is 2.15. The Bertz CT molecular complexity index is 451. The molecule has 112 valence electrons. The van der Waals surface area contributed by atoms with E-state index in [1.54, 1.807) is 11.3 Å². The van der Waals surface area contributed by atoms with Crippen LogP contribution in [0.1, 0.15) is 18.7 Å². The van der Waals surface area contributed by atoms with Gasteiger partial charge >= 0.3 is 0 Å². The van der Waals surface area contributed by atoms with Gasteiger partial charge in [0, 0.05) is 37.1 Å². The van der Waals surface area contributed by atoms with Crippen LogP contribution in [0.2, 0.25) is 0 Å². The molecule has 1 unspecified atom stereocenters. The third-order valence-electron chi connectivity index (χ3n) is 3.69. The number of nitrogens with zero attached hydrogens (tertiary/aromatic N) is 2. The average Bonchev–Trinajstić information content (AvgIpc) is 2.84. The third-order valence-corrected chi connectivity index (χ3v) is 5.30.